The predicted octanol–water partition coefficient (Wildman–Crippen LogP) is 0.880. The number of carbonyl (C=O) groups is 2. The molecule has 0 saturated carbocycles. The minimum atomic E-state index is -1.12. The number of hydrogen-bond donors (Lipinski definition) is 3. The van der Waals surface area contributed by atoms with Crippen LogP contribution < -0.4 is 10.6 Å². The fourth-order valence-electron chi connectivity index (χ4n) is 1.59. The SMILES string of the molecule is CS(=O)CCCNC(=O)N[C@H](C(=O)O)c1ccccc1. The fraction of sp³-hybridized carbons (Fsp3) is 0.385. The molecule has 0 aliphatic heterocycles. The van der Waals surface area contributed by atoms with Gasteiger partial charge >= 0.3 is 12.0 Å². The molecule has 20 heavy (non-hydrogen) atoms. The number of nitrogens with one attached hydrogen (secondary N) is 2. The Labute approximate surface area is 120 Å². The summed E-state index contributed by atoms with van der Waals surface area (Å²) < 4.78 is 10.8. The zero-order valence-electron chi connectivity index (χ0n) is 11.2. The van der Waals surface area contributed by atoms with Crippen molar-refractivity contribution in [3.05, 3.63) is 35.9 Å². The van der Waals surface area contributed by atoms with Gasteiger partial charge in [0.2, 0.25) is 0 Å². The topological polar surface area (TPSA) is 95.5 Å². The van der Waals surface area contributed by atoms with Crippen LogP contribution in [0.2, 0.25) is 0 Å². The van der Waals surface area contributed by atoms with Crippen LogP contribution in [0.1, 0.15) is 18.0 Å². The minimum absolute atomic E-state index is 0.354. The highest BCUT2D eigenvalue weighted by atomic mass is 32.2. The second kappa shape index (κ2) is 8.31. The number of carbonyl (C=O) groups excluding carboxylic acids is 1. The van der Waals surface area contributed by atoms with Crippen LogP contribution in [-0.4, -0.2) is 39.9 Å². The van der Waals surface area contributed by atoms with Crippen LogP contribution in [0.5, 0.6) is 0 Å². The lowest BCUT2D eigenvalue weighted by Gasteiger charge is -2.15. The number of hydrogen-bond acceptors (Lipinski definition) is 3. The lowest BCUT2D eigenvalue weighted by molar-refractivity contribution is -0.139. The second-order valence-electron chi connectivity index (χ2n) is 4.21. The monoisotopic (exact) mass is 298 g/mol. The standard InChI is InChI=1S/C13H18N2O4S/c1-20(19)9-5-8-14-13(18)15-11(12(16)17)10-6-3-2-4-7-10/h2-4,6-7,11H,5,8-9H2,1H3,(H,16,17)(H2,14,15,18)/t11-,20?/m0/s1. The van der Waals surface area contributed by atoms with Crippen LogP contribution in [-0.2, 0) is 15.6 Å². The van der Waals surface area contributed by atoms with E-state index in [9.17, 15) is 13.8 Å². The van der Waals surface area contributed by atoms with Crippen molar-refractivity contribution in [3.63, 3.8) is 0 Å². The maximum absolute atomic E-state index is 11.6. The average Bonchev–Trinajstić information content (AvgIpc) is 2.41. The van der Waals surface area contributed by atoms with Crippen LogP contribution in [0.4, 0.5) is 4.79 Å². The van der Waals surface area contributed by atoms with E-state index in [1.54, 1.807) is 36.6 Å². The molecule has 0 aliphatic carbocycles. The smallest absolute Gasteiger partial charge is 0.330 e. The number of benzene rings is 1. The molecule has 110 valence electrons. The van der Waals surface area contributed by atoms with Crippen molar-refractivity contribution in [3.8, 4) is 0 Å². The Balaban J connectivity index is 2.48. The molecule has 0 aromatic heterocycles. The van der Waals surface area contributed by atoms with E-state index in [2.05, 4.69) is 10.6 Å². The number of carboxylic acid groups (broad SMARTS) is 1. The summed E-state index contributed by atoms with van der Waals surface area (Å²) in [6, 6.07) is 6.83. The van der Waals surface area contributed by atoms with Gasteiger partial charge in [-0.1, -0.05) is 30.3 Å². The van der Waals surface area contributed by atoms with Crippen molar-refractivity contribution in [2.75, 3.05) is 18.6 Å². The Morgan fingerprint density at radius 3 is 2.50 bits per heavy atom. The van der Waals surface area contributed by atoms with E-state index >= 15 is 0 Å². The van der Waals surface area contributed by atoms with Crippen molar-refractivity contribution in [1.82, 2.24) is 10.6 Å². The summed E-state index contributed by atoms with van der Waals surface area (Å²) in [5, 5.41) is 14.1. The van der Waals surface area contributed by atoms with Gasteiger partial charge in [-0.15, -0.1) is 0 Å². The lowest BCUT2D eigenvalue weighted by Crippen LogP contribution is -2.41. The van der Waals surface area contributed by atoms with Gasteiger partial charge < -0.3 is 15.7 Å². The molecule has 0 bridgehead atoms. The minimum Gasteiger partial charge on any atom is -0.479 e. The third-order valence-electron chi connectivity index (χ3n) is 2.55. The van der Waals surface area contributed by atoms with E-state index in [-0.39, 0.29) is 0 Å². The number of rotatable bonds is 7. The van der Waals surface area contributed by atoms with Gasteiger partial charge in [-0.25, -0.2) is 9.59 Å². The maximum Gasteiger partial charge on any atom is 0.330 e. The molecule has 1 aromatic rings. The molecule has 2 atom stereocenters. The third-order valence-corrected chi connectivity index (χ3v) is 3.41. The molecular weight excluding hydrogens is 280 g/mol. The molecule has 1 aromatic carbocycles. The molecule has 2 amide bonds. The van der Waals surface area contributed by atoms with E-state index in [0.717, 1.165) is 0 Å². The number of aliphatic carboxylic acids is 1. The number of amides is 2. The highest BCUT2D eigenvalue weighted by molar-refractivity contribution is 7.84. The van der Waals surface area contributed by atoms with Crippen molar-refractivity contribution in [1.29, 1.82) is 0 Å². The summed E-state index contributed by atoms with van der Waals surface area (Å²) in [5.74, 6) is -0.623. The largest absolute Gasteiger partial charge is 0.479 e. The van der Waals surface area contributed by atoms with Crippen LogP contribution in [0.3, 0.4) is 0 Å². The summed E-state index contributed by atoms with van der Waals surface area (Å²) in [4.78, 5) is 22.8. The van der Waals surface area contributed by atoms with Crippen LogP contribution >= 0.6 is 0 Å². The fourth-order valence-corrected chi connectivity index (χ4v) is 2.14. The summed E-state index contributed by atoms with van der Waals surface area (Å²) >= 11 is 0. The van der Waals surface area contributed by atoms with Crippen molar-refractivity contribution in [2.24, 2.45) is 0 Å². The molecule has 0 heterocycles. The third kappa shape index (κ3) is 5.83. The lowest BCUT2D eigenvalue weighted by atomic mass is 10.1. The second-order valence-corrected chi connectivity index (χ2v) is 5.77. The molecule has 0 fully saturated rings. The first kappa shape index (κ1) is 16.2. The normalized spacial score (nSPS) is 13.2. The first-order valence-electron chi connectivity index (χ1n) is 6.13. The Hall–Kier alpha value is -1.89. The molecule has 7 heteroatoms. The van der Waals surface area contributed by atoms with E-state index < -0.39 is 28.8 Å². The molecule has 0 aliphatic rings. The van der Waals surface area contributed by atoms with E-state index in [1.807, 2.05) is 0 Å². The highest BCUT2D eigenvalue weighted by Gasteiger charge is 2.21. The molecular formula is C13H18N2O4S. The molecule has 0 radical (unpaired) electrons. The van der Waals surface area contributed by atoms with E-state index in [1.165, 1.54) is 0 Å². The summed E-state index contributed by atoms with van der Waals surface area (Å²) in [7, 11) is -0.894. The number of carboxylic acids is 1. The van der Waals surface area contributed by atoms with Crippen LogP contribution in [0, 0.1) is 0 Å². The molecule has 6 nitrogen and oxygen atoms in total. The first-order chi connectivity index (χ1) is 9.50. The van der Waals surface area contributed by atoms with Crippen LogP contribution in [0.25, 0.3) is 0 Å². The van der Waals surface area contributed by atoms with Gasteiger partial charge in [0, 0.05) is 29.4 Å². The van der Waals surface area contributed by atoms with Gasteiger partial charge in [0.05, 0.1) is 0 Å². The van der Waals surface area contributed by atoms with Gasteiger partial charge in [0.1, 0.15) is 0 Å². The van der Waals surface area contributed by atoms with E-state index in [0.29, 0.717) is 24.3 Å². The van der Waals surface area contributed by atoms with Gasteiger partial charge in [0.15, 0.2) is 6.04 Å². The molecule has 0 spiro atoms. The molecule has 0 saturated heterocycles. The van der Waals surface area contributed by atoms with Crippen molar-refractivity contribution in [2.45, 2.75) is 12.5 Å². The van der Waals surface area contributed by atoms with Crippen molar-refractivity contribution < 1.29 is 18.9 Å². The van der Waals surface area contributed by atoms with Crippen LogP contribution in [0.15, 0.2) is 30.3 Å². The summed E-state index contributed by atoms with van der Waals surface area (Å²) in [6.07, 6.45) is 2.18. The zero-order chi connectivity index (χ0) is 15.0. The zero-order valence-corrected chi connectivity index (χ0v) is 12.0. The number of urea groups is 1. The van der Waals surface area contributed by atoms with E-state index in [4.69, 9.17) is 5.11 Å². The van der Waals surface area contributed by atoms with Gasteiger partial charge in [-0.2, -0.15) is 0 Å². The Kier molecular flexibility index (Phi) is 6.72. The van der Waals surface area contributed by atoms with Gasteiger partial charge in [-0.05, 0) is 12.0 Å². The van der Waals surface area contributed by atoms with Gasteiger partial charge in [-0.3, -0.25) is 4.21 Å². The van der Waals surface area contributed by atoms with Gasteiger partial charge in [0.25, 0.3) is 0 Å². The molecule has 3 N–H and O–H groups in total. The summed E-state index contributed by atoms with van der Waals surface area (Å²) in [6.45, 7) is 0.354. The Morgan fingerprint density at radius 1 is 1.30 bits per heavy atom. The first-order valence-corrected chi connectivity index (χ1v) is 7.85. The molecule has 1 rings (SSSR count). The average molecular weight is 298 g/mol. The summed E-state index contributed by atoms with van der Waals surface area (Å²) in [5.41, 5.74) is 0.504. The predicted molar refractivity (Wildman–Crippen MR) is 76.9 cm³/mol. The highest BCUT2D eigenvalue weighted by Crippen LogP contribution is 2.12. The van der Waals surface area contributed by atoms with Crippen molar-refractivity contribution >= 4 is 22.8 Å². The Morgan fingerprint density at radius 2 is 1.95 bits per heavy atom. The maximum atomic E-state index is 11.6. The molecule has 1 unspecified atom stereocenters. The Bertz CT molecular complexity index is 479. The quantitative estimate of drug-likeness (QED) is 0.651.